The molecule has 0 aliphatic rings. The molecule has 124 valence electrons. The molecule has 0 unspecified atom stereocenters. The number of alkyl halides is 3. The Balaban J connectivity index is 1.83. The Morgan fingerprint density at radius 2 is 2.00 bits per heavy atom. The summed E-state index contributed by atoms with van der Waals surface area (Å²) in [7, 11) is 1.41. The highest BCUT2D eigenvalue weighted by molar-refractivity contribution is 6.02. The number of nitrogens with one attached hydrogen (secondary N) is 2. The Labute approximate surface area is 132 Å². The molecule has 24 heavy (non-hydrogen) atoms. The van der Waals surface area contributed by atoms with Crippen LogP contribution in [0.1, 0.15) is 16.1 Å². The lowest BCUT2D eigenvalue weighted by Gasteiger charge is -2.05. The van der Waals surface area contributed by atoms with Crippen LogP contribution in [0.2, 0.25) is 0 Å². The van der Waals surface area contributed by atoms with Crippen molar-refractivity contribution >= 4 is 22.9 Å². The molecule has 0 saturated heterocycles. The SMILES string of the molecule is COc1ccc(C(=O)Nc2nc3ccc(C(F)(F)F)cc3[nH]2)nn1. The maximum atomic E-state index is 12.7. The van der Waals surface area contributed by atoms with E-state index in [1.54, 1.807) is 0 Å². The van der Waals surface area contributed by atoms with Gasteiger partial charge < -0.3 is 9.72 Å². The first-order chi connectivity index (χ1) is 11.4. The molecular weight excluding hydrogens is 327 g/mol. The number of nitrogens with zero attached hydrogens (tertiary/aromatic N) is 3. The number of amides is 1. The van der Waals surface area contributed by atoms with Crippen molar-refractivity contribution in [1.29, 1.82) is 0 Å². The van der Waals surface area contributed by atoms with Gasteiger partial charge in [-0.05, 0) is 24.3 Å². The van der Waals surface area contributed by atoms with Crippen LogP contribution in [0.15, 0.2) is 30.3 Å². The molecule has 3 aromatic rings. The lowest BCUT2D eigenvalue weighted by atomic mass is 10.2. The first-order valence-electron chi connectivity index (χ1n) is 6.63. The van der Waals surface area contributed by atoms with Gasteiger partial charge in [-0.2, -0.15) is 13.2 Å². The molecule has 0 fully saturated rings. The Morgan fingerprint density at radius 1 is 1.21 bits per heavy atom. The number of fused-ring (bicyclic) bond motifs is 1. The van der Waals surface area contributed by atoms with Crippen molar-refractivity contribution in [1.82, 2.24) is 20.2 Å². The van der Waals surface area contributed by atoms with Gasteiger partial charge in [-0.25, -0.2) is 4.98 Å². The van der Waals surface area contributed by atoms with Crippen molar-refractivity contribution in [2.75, 3.05) is 12.4 Å². The molecule has 0 spiro atoms. The van der Waals surface area contributed by atoms with Crippen LogP contribution in [0.5, 0.6) is 5.88 Å². The molecule has 0 saturated carbocycles. The lowest BCUT2D eigenvalue weighted by Crippen LogP contribution is -2.15. The molecule has 1 aromatic carbocycles. The van der Waals surface area contributed by atoms with Gasteiger partial charge in [0.05, 0.1) is 23.7 Å². The summed E-state index contributed by atoms with van der Waals surface area (Å²) in [5.74, 6) is -0.359. The highest BCUT2D eigenvalue weighted by Crippen LogP contribution is 2.31. The van der Waals surface area contributed by atoms with Crippen molar-refractivity contribution in [3.8, 4) is 5.88 Å². The van der Waals surface area contributed by atoms with E-state index < -0.39 is 17.6 Å². The monoisotopic (exact) mass is 337 g/mol. The summed E-state index contributed by atoms with van der Waals surface area (Å²) in [6, 6.07) is 5.91. The van der Waals surface area contributed by atoms with Crippen LogP contribution in [0.3, 0.4) is 0 Å². The fourth-order valence-corrected chi connectivity index (χ4v) is 1.97. The van der Waals surface area contributed by atoms with Gasteiger partial charge in [-0.15, -0.1) is 10.2 Å². The molecule has 2 aromatic heterocycles. The average Bonchev–Trinajstić information content (AvgIpc) is 2.95. The van der Waals surface area contributed by atoms with Crippen LogP contribution in [0.25, 0.3) is 11.0 Å². The van der Waals surface area contributed by atoms with E-state index in [2.05, 4.69) is 25.5 Å². The van der Waals surface area contributed by atoms with Gasteiger partial charge >= 0.3 is 6.18 Å². The maximum Gasteiger partial charge on any atom is 0.416 e. The zero-order chi connectivity index (χ0) is 17.3. The molecular formula is C14H10F3N5O2. The third-order valence-corrected chi connectivity index (χ3v) is 3.12. The molecule has 0 bridgehead atoms. The van der Waals surface area contributed by atoms with E-state index in [0.29, 0.717) is 5.52 Å². The minimum atomic E-state index is -4.46. The van der Waals surface area contributed by atoms with E-state index >= 15 is 0 Å². The number of imidazole rings is 1. The standard InChI is InChI=1S/C14H10F3N5O2/c1-24-11-5-4-9(21-22-11)12(23)20-13-18-8-3-2-7(14(15,16)17)6-10(8)19-13/h2-6H,1H3,(H2,18,19,20,23). The van der Waals surface area contributed by atoms with Crippen molar-refractivity contribution in [2.45, 2.75) is 6.18 Å². The van der Waals surface area contributed by atoms with Crippen LogP contribution in [-0.2, 0) is 6.18 Å². The number of aromatic nitrogens is 4. The van der Waals surface area contributed by atoms with Crippen LogP contribution in [-0.4, -0.2) is 33.2 Å². The summed E-state index contributed by atoms with van der Waals surface area (Å²) in [6.07, 6.45) is -4.46. The van der Waals surface area contributed by atoms with Crippen molar-refractivity contribution in [2.24, 2.45) is 0 Å². The van der Waals surface area contributed by atoms with Crippen molar-refractivity contribution in [3.63, 3.8) is 0 Å². The Kier molecular flexibility index (Phi) is 3.80. The highest BCUT2D eigenvalue weighted by atomic mass is 19.4. The zero-order valence-electron chi connectivity index (χ0n) is 12.2. The minimum absolute atomic E-state index is 0.00643. The summed E-state index contributed by atoms with van der Waals surface area (Å²) in [5, 5.41) is 9.73. The molecule has 7 nitrogen and oxygen atoms in total. The van der Waals surface area contributed by atoms with Gasteiger partial charge in [0.2, 0.25) is 11.8 Å². The highest BCUT2D eigenvalue weighted by Gasteiger charge is 2.30. The second-order valence-electron chi connectivity index (χ2n) is 4.73. The number of halogens is 3. The Morgan fingerprint density at radius 3 is 2.62 bits per heavy atom. The number of rotatable bonds is 3. The predicted octanol–water partition coefficient (Wildman–Crippen LogP) is 2.63. The fourth-order valence-electron chi connectivity index (χ4n) is 1.97. The van der Waals surface area contributed by atoms with Crippen LogP contribution in [0, 0.1) is 0 Å². The van der Waals surface area contributed by atoms with E-state index in [1.807, 2.05) is 0 Å². The van der Waals surface area contributed by atoms with Gasteiger partial charge in [0.25, 0.3) is 5.91 Å². The molecule has 3 rings (SSSR count). The maximum absolute atomic E-state index is 12.7. The quantitative estimate of drug-likeness (QED) is 0.766. The minimum Gasteiger partial charge on any atom is -0.480 e. The van der Waals surface area contributed by atoms with Gasteiger partial charge in [0.1, 0.15) is 0 Å². The predicted molar refractivity (Wildman–Crippen MR) is 77.6 cm³/mol. The normalized spacial score (nSPS) is 11.5. The first-order valence-corrected chi connectivity index (χ1v) is 6.63. The summed E-state index contributed by atoms with van der Waals surface area (Å²) in [5.41, 5.74) is -0.357. The number of ether oxygens (including phenoxy) is 1. The second kappa shape index (κ2) is 5.80. The molecule has 0 atom stereocenters. The van der Waals surface area contributed by atoms with Gasteiger partial charge in [0.15, 0.2) is 5.69 Å². The van der Waals surface area contributed by atoms with Crippen LogP contribution < -0.4 is 10.1 Å². The third kappa shape index (κ3) is 3.12. The topological polar surface area (TPSA) is 92.8 Å². The summed E-state index contributed by atoms with van der Waals surface area (Å²) in [4.78, 5) is 18.6. The number of aromatic amines is 1. The first kappa shape index (κ1) is 15.7. The summed E-state index contributed by atoms with van der Waals surface area (Å²) >= 11 is 0. The summed E-state index contributed by atoms with van der Waals surface area (Å²) < 4.78 is 42.9. The number of carbonyl (C=O) groups excluding carboxylic acids is 1. The Hall–Kier alpha value is -3.17. The number of anilines is 1. The van der Waals surface area contributed by atoms with E-state index in [0.717, 1.165) is 12.1 Å². The van der Waals surface area contributed by atoms with Crippen molar-refractivity contribution < 1.29 is 22.7 Å². The molecule has 2 heterocycles. The molecule has 1 amide bonds. The number of benzene rings is 1. The number of H-pyrrole nitrogens is 1. The number of hydrogen-bond acceptors (Lipinski definition) is 5. The number of carbonyl (C=O) groups is 1. The van der Waals surface area contributed by atoms with Crippen molar-refractivity contribution in [3.05, 3.63) is 41.6 Å². The largest absolute Gasteiger partial charge is 0.480 e. The molecule has 10 heteroatoms. The Bertz CT molecular complexity index is 890. The van der Waals surface area contributed by atoms with E-state index in [-0.39, 0.29) is 23.0 Å². The number of methoxy groups -OCH3 is 1. The second-order valence-corrected chi connectivity index (χ2v) is 4.73. The van der Waals surface area contributed by atoms with Gasteiger partial charge in [-0.3, -0.25) is 10.1 Å². The molecule has 0 aliphatic heterocycles. The molecule has 0 aliphatic carbocycles. The third-order valence-electron chi connectivity index (χ3n) is 3.12. The van der Waals surface area contributed by atoms with Gasteiger partial charge in [0, 0.05) is 6.07 Å². The summed E-state index contributed by atoms with van der Waals surface area (Å²) in [6.45, 7) is 0. The zero-order valence-corrected chi connectivity index (χ0v) is 12.2. The smallest absolute Gasteiger partial charge is 0.416 e. The van der Waals surface area contributed by atoms with E-state index in [4.69, 9.17) is 4.74 Å². The van der Waals surface area contributed by atoms with Crippen LogP contribution in [0.4, 0.5) is 19.1 Å². The molecule has 0 radical (unpaired) electrons. The van der Waals surface area contributed by atoms with Gasteiger partial charge in [-0.1, -0.05) is 0 Å². The molecule has 2 N–H and O–H groups in total. The average molecular weight is 337 g/mol. The van der Waals surface area contributed by atoms with E-state index in [1.165, 1.54) is 25.3 Å². The van der Waals surface area contributed by atoms with E-state index in [9.17, 15) is 18.0 Å². The lowest BCUT2D eigenvalue weighted by molar-refractivity contribution is -0.137. The fraction of sp³-hybridized carbons (Fsp3) is 0.143. The number of hydrogen-bond donors (Lipinski definition) is 2. The van der Waals surface area contributed by atoms with Crippen LogP contribution >= 0.6 is 0 Å².